The van der Waals surface area contributed by atoms with Crippen molar-refractivity contribution >= 4 is 0 Å². The van der Waals surface area contributed by atoms with Crippen LogP contribution in [0.4, 0.5) is 0 Å². The Hall–Kier alpha value is -0.840. The van der Waals surface area contributed by atoms with Gasteiger partial charge in [0.1, 0.15) is 4.91 Å². The molecule has 1 N–H and O–H groups in total. The van der Waals surface area contributed by atoms with Gasteiger partial charge in [0.2, 0.25) is 0 Å². The summed E-state index contributed by atoms with van der Waals surface area (Å²) in [6.45, 7) is 6.03. The highest BCUT2D eigenvalue weighted by Gasteiger charge is 2.05. The van der Waals surface area contributed by atoms with Gasteiger partial charge in [0.05, 0.1) is 0 Å². The van der Waals surface area contributed by atoms with E-state index in [0.29, 0.717) is 13.2 Å². The second kappa shape index (κ2) is 11.9. The highest BCUT2D eigenvalue weighted by Crippen LogP contribution is 1.77. The van der Waals surface area contributed by atoms with Crippen LogP contribution in [0.5, 0.6) is 0 Å². The molecule has 0 aliphatic carbocycles. The molecule has 11 heavy (non-hydrogen) atoms. The number of hydrogen-bond acceptors (Lipinski definition) is 4. The van der Waals surface area contributed by atoms with Crippen LogP contribution in [0.25, 0.3) is 0 Å². The van der Waals surface area contributed by atoms with Gasteiger partial charge in [-0.1, -0.05) is 0 Å². The maximum Gasteiger partial charge on any atom is 0.477 e. The van der Waals surface area contributed by atoms with Crippen molar-refractivity contribution in [3.05, 3.63) is 4.91 Å². The molecule has 0 amide bonds. The maximum atomic E-state index is 10.1. The number of rotatable bonds is 4. The smallest absolute Gasteiger partial charge is 0.397 e. The largest absolute Gasteiger partial charge is 0.477 e. The average Bonchev–Trinajstić information content (AvgIpc) is 1.90. The van der Waals surface area contributed by atoms with Gasteiger partial charge >= 0.3 is 5.09 Å². The van der Waals surface area contributed by atoms with Crippen LogP contribution in [-0.2, 0) is 9.68 Å². The molecule has 0 aromatic carbocycles. The van der Waals surface area contributed by atoms with E-state index in [0.717, 1.165) is 0 Å². The summed E-state index contributed by atoms with van der Waals surface area (Å²) in [5.41, 5.74) is 0. The average molecular weight is 166 g/mol. The molecule has 5 nitrogen and oxygen atoms in total. The Labute approximate surface area is 66.4 Å². The third-order valence-corrected chi connectivity index (χ3v) is 0.469. The first kappa shape index (κ1) is 12.8. The van der Waals surface area contributed by atoms with Gasteiger partial charge in [-0.2, -0.15) is 9.68 Å². The van der Waals surface area contributed by atoms with E-state index in [1.807, 2.05) is 0 Å². The lowest BCUT2D eigenvalue weighted by Gasteiger charge is -1.84. The quantitative estimate of drug-likeness (QED) is 0.623. The fourth-order valence-electron chi connectivity index (χ4n) is 0.248. The van der Waals surface area contributed by atoms with Crippen LogP contribution in [0.2, 0.25) is 0 Å². The molecule has 0 aromatic rings. The lowest BCUT2D eigenvalue weighted by molar-refractivity contribution is -0.980. The summed E-state index contributed by atoms with van der Waals surface area (Å²) in [5, 5.41) is 7.68. The standard InChI is InChI=1S/C4H10NO3.C2H6O/c1-3-7-5(6)8-4-2;1-2-3/h3-4H2,1-2H3;3H,2H2,1H3/q+1;. The molecule has 0 spiro atoms. The van der Waals surface area contributed by atoms with E-state index in [2.05, 4.69) is 9.68 Å². The Balaban J connectivity index is 0. The van der Waals surface area contributed by atoms with Gasteiger partial charge in [0, 0.05) is 6.61 Å². The van der Waals surface area contributed by atoms with Gasteiger partial charge in [-0.25, -0.2) is 0 Å². The lowest BCUT2D eigenvalue weighted by Crippen LogP contribution is -2.09. The van der Waals surface area contributed by atoms with Crippen LogP contribution >= 0.6 is 0 Å². The Morgan fingerprint density at radius 3 is 1.64 bits per heavy atom. The summed E-state index contributed by atoms with van der Waals surface area (Å²) in [7, 11) is 0. The first-order valence-electron chi connectivity index (χ1n) is 3.56. The monoisotopic (exact) mass is 166 g/mol. The summed E-state index contributed by atoms with van der Waals surface area (Å²) < 4.78 is 0. The Kier molecular flexibility index (Phi) is 13.8. The van der Waals surface area contributed by atoms with E-state index in [-0.39, 0.29) is 11.7 Å². The van der Waals surface area contributed by atoms with Crippen LogP contribution in [0.1, 0.15) is 20.8 Å². The SMILES string of the molecule is CCO.CCO[N+](=O)OCC. The third-order valence-electron chi connectivity index (χ3n) is 0.469. The predicted octanol–water partition coefficient (Wildman–Crippen LogP) is 0.667. The van der Waals surface area contributed by atoms with Crippen LogP contribution in [0, 0.1) is 4.91 Å². The first-order valence-corrected chi connectivity index (χ1v) is 3.56. The molecule has 0 aromatic heterocycles. The van der Waals surface area contributed by atoms with Crippen LogP contribution in [0.3, 0.4) is 0 Å². The summed E-state index contributed by atoms with van der Waals surface area (Å²) in [5.74, 6) is 0. The third kappa shape index (κ3) is 17.6. The van der Waals surface area contributed by atoms with Gasteiger partial charge in [0.15, 0.2) is 13.2 Å². The molecule has 68 valence electrons. The van der Waals surface area contributed by atoms with Crippen molar-refractivity contribution in [2.45, 2.75) is 20.8 Å². The predicted molar refractivity (Wildman–Crippen MR) is 39.6 cm³/mol. The Morgan fingerprint density at radius 1 is 1.18 bits per heavy atom. The molecule has 5 heteroatoms. The van der Waals surface area contributed by atoms with Crippen molar-refractivity contribution in [2.24, 2.45) is 0 Å². The number of aliphatic hydroxyl groups excluding tert-OH is 1. The molecule has 0 radical (unpaired) electrons. The van der Waals surface area contributed by atoms with Crippen molar-refractivity contribution in [3.63, 3.8) is 0 Å². The maximum absolute atomic E-state index is 10.1. The van der Waals surface area contributed by atoms with E-state index >= 15 is 0 Å². The zero-order valence-electron chi connectivity index (χ0n) is 7.24. The van der Waals surface area contributed by atoms with Crippen molar-refractivity contribution in [3.8, 4) is 0 Å². The van der Waals surface area contributed by atoms with E-state index in [9.17, 15) is 4.91 Å². The molecular weight excluding hydrogens is 150 g/mol. The number of hydrogen-bond donors (Lipinski definition) is 1. The normalized spacial score (nSPS) is 7.64. The Morgan fingerprint density at radius 2 is 1.45 bits per heavy atom. The molecule has 0 atom stereocenters. The minimum absolute atomic E-state index is 0.111. The van der Waals surface area contributed by atoms with Crippen molar-refractivity contribution < 1.29 is 19.9 Å². The van der Waals surface area contributed by atoms with E-state index in [1.54, 1.807) is 20.8 Å². The van der Waals surface area contributed by atoms with Gasteiger partial charge in [-0.15, -0.1) is 0 Å². The van der Waals surface area contributed by atoms with Crippen LogP contribution < -0.4 is 0 Å². The van der Waals surface area contributed by atoms with Crippen molar-refractivity contribution in [1.29, 1.82) is 0 Å². The van der Waals surface area contributed by atoms with Crippen LogP contribution in [0.15, 0.2) is 0 Å². The molecule has 0 fully saturated rings. The molecule has 0 heterocycles. The second-order valence-electron chi connectivity index (χ2n) is 1.38. The summed E-state index contributed by atoms with van der Waals surface area (Å²) in [6, 6.07) is 0. The van der Waals surface area contributed by atoms with E-state index in [1.165, 1.54) is 0 Å². The molecule has 0 unspecified atom stereocenters. The highest BCUT2D eigenvalue weighted by molar-refractivity contribution is 3.93. The minimum Gasteiger partial charge on any atom is -0.397 e. The lowest BCUT2D eigenvalue weighted by atomic mass is 10.9. The molecule has 0 saturated carbocycles. The zero-order valence-corrected chi connectivity index (χ0v) is 7.24. The van der Waals surface area contributed by atoms with Crippen molar-refractivity contribution in [2.75, 3.05) is 19.8 Å². The molecule has 0 bridgehead atoms. The summed E-state index contributed by atoms with van der Waals surface area (Å²) in [4.78, 5) is 18.8. The fraction of sp³-hybridized carbons (Fsp3) is 1.00. The van der Waals surface area contributed by atoms with Crippen molar-refractivity contribution in [1.82, 2.24) is 0 Å². The molecule has 0 aliphatic rings. The molecule has 0 aliphatic heterocycles. The molecule has 0 saturated heterocycles. The molecule has 0 rings (SSSR count). The summed E-state index contributed by atoms with van der Waals surface area (Å²) in [6.07, 6.45) is 0. The van der Waals surface area contributed by atoms with Gasteiger partial charge in [-0.05, 0) is 20.8 Å². The molecular formula is C6H16NO4+. The first-order chi connectivity index (χ1) is 5.22. The van der Waals surface area contributed by atoms with E-state index < -0.39 is 0 Å². The fourth-order valence-corrected chi connectivity index (χ4v) is 0.248. The number of aliphatic hydroxyl groups is 1. The van der Waals surface area contributed by atoms with E-state index in [4.69, 9.17) is 5.11 Å². The summed E-state index contributed by atoms with van der Waals surface area (Å²) >= 11 is 0. The number of nitrogens with zero attached hydrogens (tertiary/aromatic N) is 1. The zero-order chi connectivity index (χ0) is 9.11. The van der Waals surface area contributed by atoms with Gasteiger partial charge in [0.25, 0.3) is 0 Å². The Bertz CT molecular complexity index is 78.7. The minimum atomic E-state index is 0.111. The topological polar surface area (TPSA) is 58.8 Å². The highest BCUT2D eigenvalue weighted by atomic mass is 17.0. The van der Waals surface area contributed by atoms with Crippen LogP contribution in [-0.4, -0.2) is 30.0 Å². The van der Waals surface area contributed by atoms with Gasteiger partial charge < -0.3 is 5.11 Å². The second-order valence-corrected chi connectivity index (χ2v) is 1.38. The van der Waals surface area contributed by atoms with Gasteiger partial charge in [-0.3, -0.25) is 0 Å².